The number of hydrogen-bond donors (Lipinski definition) is 1. The zero-order valence-electron chi connectivity index (χ0n) is 15.3. The van der Waals surface area contributed by atoms with Crippen LogP contribution in [0.15, 0.2) is 29.4 Å². The van der Waals surface area contributed by atoms with Gasteiger partial charge in [-0.15, -0.1) is 0 Å². The van der Waals surface area contributed by atoms with E-state index >= 15 is 0 Å². The molecular formula is C18H22N4O4S. The van der Waals surface area contributed by atoms with E-state index in [4.69, 9.17) is 4.74 Å². The van der Waals surface area contributed by atoms with Gasteiger partial charge in [0.1, 0.15) is 0 Å². The third-order valence-corrected chi connectivity index (χ3v) is 5.48. The smallest absolute Gasteiger partial charge is 0.271 e. The van der Waals surface area contributed by atoms with Gasteiger partial charge >= 0.3 is 0 Å². The third kappa shape index (κ3) is 4.86. The number of nitrogens with one attached hydrogen (secondary N) is 1. The Morgan fingerprint density at radius 2 is 2.30 bits per heavy atom. The van der Waals surface area contributed by atoms with E-state index in [-0.39, 0.29) is 23.5 Å². The summed E-state index contributed by atoms with van der Waals surface area (Å²) in [5.74, 6) is -0.0631. The van der Waals surface area contributed by atoms with Gasteiger partial charge in [-0.1, -0.05) is 17.8 Å². The maximum absolute atomic E-state index is 12.3. The van der Waals surface area contributed by atoms with Gasteiger partial charge in [0, 0.05) is 30.1 Å². The molecule has 1 aliphatic heterocycles. The van der Waals surface area contributed by atoms with Crippen molar-refractivity contribution in [2.24, 2.45) is 0 Å². The topological polar surface area (TPSA) is 99.3 Å². The fraction of sp³-hybridized carbons (Fsp3) is 0.444. The molecular weight excluding hydrogens is 368 g/mol. The molecule has 144 valence electrons. The Kier molecular flexibility index (Phi) is 6.12. The molecule has 0 saturated carbocycles. The zero-order valence-corrected chi connectivity index (χ0v) is 16.1. The number of imidazole rings is 1. The molecule has 1 fully saturated rings. The van der Waals surface area contributed by atoms with Gasteiger partial charge in [0.15, 0.2) is 5.16 Å². The summed E-state index contributed by atoms with van der Waals surface area (Å²) in [7, 11) is 0. The minimum absolute atomic E-state index is 0.0567. The SMILES string of the molecule is Cc1nc(SCC(=O)Nc2cccc([N+](=O)[O-])c2)n(C[C@H]2CCCO2)c1C. The van der Waals surface area contributed by atoms with E-state index < -0.39 is 4.92 Å². The maximum Gasteiger partial charge on any atom is 0.271 e. The lowest BCUT2D eigenvalue weighted by Crippen LogP contribution is -2.18. The van der Waals surface area contributed by atoms with Gasteiger partial charge in [-0.3, -0.25) is 14.9 Å². The van der Waals surface area contributed by atoms with Gasteiger partial charge in [0.25, 0.3) is 5.69 Å². The lowest BCUT2D eigenvalue weighted by molar-refractivity contribution is -0.384. The molecule has 3 rings (SSSR count). The molecule has 1 saturated heterocycles. The second kappa shape index (κ2) is 8.53. The quantitative estimate of drug-likeness (QED) is 0.442. The summed E-state index contributed by atoms with van der Waals surface area (Å²) < 4.78 is 7.83. The van der Waals surface area contributed by atoms with Crippen molar-refractivity contribution in [2.45, 2.75) is 44.5 Å². The molecule has 1 atom stereocenters. The molecule has 1 amide bonds. The number of rotatable bonds is 7. The van der Waals surface area contributed by atoms with Crippen LogP contribution in [0.2, 0.25) is 0 Å². The van der Waals surface area contributed by atoms with Crippen LogP contribution in [-0.4, -0.2) is 38.8 Å². The molecule has 8 nitrogen and oxygen atoms in total. The second-order valence-corrected chi connectivity index (χ2v) is 7.40. The Balaban J connectivity index is 1.62. The number of amides is 1. The van der Waals surface area contributed by atoms with Crippen molar-refractivity contribution in [2.75, 3.05) is 17.7 Å². The predicted molar refractivity (Wildman–Crippen MR) is 103 cm³/mol. The molecule has 1 aromatic heterocycles. The van der Waals surface area contributed by atoms with E-state index in [1.54, 1.807) is 12.1 Å². The number of ether oxygens (including phenoxy) is 1. The van der Waals surface area contributed by atoms with E-state index in [0.29, 0.717) is 5.69 Å². The predicted octanol–water partition coefficient (Wildman–Crippen LogP) is 3.32. The van der Waals surface area contributed by atoms with Gasteiger partial charge in [-0.05, 0) is 32.8 Å². The first-order chi connectivity index (χ1) is 12.9. The highest BCUT2D eigenvalue weighted by Crippen LogP contribution is 2.25. The molecule has 0 bridgehead atoms. The summed E-state index contributed by atoms with van der Waals surface area (Å²) in [6, 6.07) is 5.90. The van der Waals surface area contributed by atoms with Crippen LogP contribution >= 0.6 is 11.8 Å². The number of aryl methyl sites for hydroxylation is 1. The molecule has 0 radical (unpaired) electrons. The van der Waals surface area contributed by atoms with Crippen LogP contribution < -0.4 is 5.32 Å². The van der Waals surface area contributed by atoms with Crippen molar-refractivity contribution < 1.29 is 14.5 Å². The van der Waals surface area contributed by atoms with E-state index in [2.05, 4.69) is 14.9 Å². The normalized spacial score (nSPS) is 16.4. The van der Waals surface area contributed by atoms with Crippen LogP contribution in [0.1, 0.15) is 24.2 Å². The Labute approximate surface area is 161 Å². The largest absolute Gasteiger partial charge is 0.376 e. The van der Waals surface area contributed by atoms with Crippen LogP contribution in [0.4, 0.5) is 11.4 Å². The number of carbonyl (C=O) groups excluding carboxylic acids is 1. The summed E-state index contributed by atoms with van der Waals surface area (Å²) >= 11 is 1.35. The number of non-ortho nitro benzene ring substituents is 1. The highest BCUT2D eigenvalue weighted by Gasteiger charge is 2.21. The molecule has 27 heavy (non-hydrogen) atoms. The third-order valence-electron chi connectivity index (χ3n) is 4.51. The lowest BCUT2D eigenvalue weighted by Gasteiger charge is -2.14. The van der Waals surface area contributed by atoms with E-state index in [1.807, 2.05) is 13.8 Å². The van der Waals surface area contributed by atoms with Gasteiger partial charge in [0.05, 0.1) is 29.0 Å². The van der Waals surface area contributed by atoms with Crippen molar-refractivity contribution in [3.05, 3.63) is 45.8 Å². The Morgan fingerprint density at radius 3 is 3.00 bits per heavy atom. The maximum atomic E-state index is 12.3. The van der Waals surface area contributed by atoms with Crippen molar-refractivity contribution >= 4 is 29.0 Å². The molecule has 1 aliphatic rings. The van der Waals surface area contributed by atoms with Gasteiger partial charge in [0.2, 0.25) is 5.91 Å². The van der Waals surface area contributed by atoms with Crippen molar-refractivity contribution in [3.8, 4) is 0 Å². The number of nitrogens with zero attached hydrogens (tertiary/aromatic N) is 3. The fourth-order valence-corrected chi connectivity index (χ4v) is 3.87. The van der Waals surface area contributed by atoms with Crippen LogP contribution in [-0.2, 0) is 16.1 Å². The average molecular weight is 390 g/mol. The highest BCUT2D eigenvalue weighted by molar-refractivity contribution is 7.99. The Hall–Kier alpha value is -2.39. The summed E-state index contributed by atoms with van der Waals surface area (Å²) in [4.78, 5) is 27.2. The van der Waals surface area contributed by atoms with Crippen LogP contribution in [0, 0.1) is 24.0 Å². The first kappa shape index (κ1) is 19.4. The summed E-state index contributed by atoms with van der Waals surface area (Å²) in [6.07, 6.45) is 2.30. The fourth-order valence-electron chi connectivity index (χ4n) is 2.97. The number of benzene rings is 1. The number of thioether (sulfide) groups is 1. The number of anilines is 1. The first-order valence-corrected chi connectivity index (χ1v) is 9.75. The zero-order chi connectivity index (χ0) is 19.4. The molecule has 0 aliphatic carbocycles. The monoisotopic (exact) mass is 390 g/mol. The molecule has 2 heterocycles. The van der Waals surface area contributed by atoms with Crippen molar-refractivity contribution in [1.29, 1.82) is 0 Å². The van der Waals surface area contributed by atoms with Gasteiger partial charge in [-0.2, -0.15) is 0 Å². The lowest BCUT2D eigenvalue weighted by atomic mass is 10.2. The second-order valence-electron chi connectivity index (χ2n) is 6.46. The molecule has 1 aromatic carbocycles. The minimum atomic E-state index is -0.488. The molecule has 0 unspecified atom stereocenters. The molecule has 0 spiro atoms. The van der Waals surface area contributed by atoms with E-state index in [1.165, 1.54) is 23.9 Å². The molecule has 2 aromatic rings. The van der Waals surface area contributed by atoms with E-state index in [9.17, 15) is 14.9 Å². The van der Waals surface area contributed by atoms with Crippen molar-refractivity contribution in [1.82, 2.24) is 9.55 Å². The molecule has 9 heteroatoms. The summed E-state index contributed by atoms with van der Waals surface area (Å²) in [5, 5.41) is 14.3. The van der Waals surface area contributed by atoms with Gasteiger partial charge < -0.3 is 14.6 Å². The Bertz CT molecular complexity index is 846. The number of nitro groups is 1. The van der Waals surface area contributed by atoms with Crippen LogP contribution in [0.5, 0.6) is 0 Å². The van der Waals surface area contributed by atoms with Crippen LogP contribution in [0.3, 0.4) is 0 Å². The highest BCUT2D eigenvalue weighted by atomic mass is 32.2. The number of hydrogen-bond acceptors (Lipinski definition) is 6. The number of aromatic nitrogens is 2. The average Bonchev–Trinajstić information content (AvgIpc) is 3.24. The number of nitro benzene ring substituents is 1. The first-order valence-electron chi connectivity index (χ1n) is 8.76. The number of carbonyl (C=O) groups is 1. The van der Waals surface area contributed by atoms with E-state index in [0.717, 1.165) is 42.5 Å². The standard InChI is InChI=1S/C18H22N4O4S/c1-12-13(2)21(10-16-7-4-8-26-16)18(19-12)27-11-17(23)20-14-5-3-6-15(9-14)22(24)25/h3,5-6,9,16H,4,7-8,10-11H2,1-2H3,(H,20,23)/t16-/m1/s1. The Morgan fingerprint density at radius 1 is 1.48 bits per heavy atom. The summed E-state index contributed by atoms with van der Waals surface area (Å²) in [6.45, 7) is 5.51. The van der Waals surface area contributed by atoms with Gasteiger partial charge in [-0.25, -0.2) is 4.98 Å². The van der Waals surface area contributed by atoms with Crippen molar-refractivity contribution in [3.63, 3.8) is 0 Å². The molecule has 1 N–H and O–H groups in total. The minimum Gasteiger partial charge on any atom is -0.376 e. The van der Waals surface area contributed by atoms with Crippen LogP contribution in [0.25, 0.3) is 0 Å². The summed E-state index contributed by atoms with van der Waals surface area (Å²) in [5.41, 5.74) is 2.37.